The monoisotopic (exact) mass is 268 g/mol. The predicted octanol–water partition coefficient (Wildman–Crippen LogP) is 3.14. The van der Waals surface area contributed by atoms with Gasteiger partial charge in [-0.15, -0.1) is 0 Å². The van der Waals surface area contributed by atoms with Gasteiger partial charge < -0.3 is 14.6 Å². The second-order valence-electron chi connectivity index (χ2n) is 4.44. The standard InChI is InChI=1S/C12H19F3O3/c1-3-4-7-11(16,12(13,14)15)9-5-6-10(17-2)18-8-9/h8,10,16H,3-7H2,1-2H3. The predicted molar refractivity (Wildman–Crippen MR) is 59.7 cm³/mol. The van der Waals surface area contributed by atoms with Crippen LogP contribution in [0.15, 0.2) is 11.8 Å². The van der Waals surface area contributed by atoms with E-state index in [0.717, 1.165) is 6.26 Å². The van der Waals surface area contributed by atoms with Gasteiger partial charge in [0.1, 0.15) is 0 Å². The van der Waals surface area contributed by atoms with E-state index in [0.29, 0.717) is 19.3 Å². The summed E-state index contributed by atoms with van der Waals surface area (Å²) in [5, 5.41) is 9.95. The van der Waals surface area contributed by atoms with Crippen molar-refractivity contribution in [2.45, 2.75) is 57.1 Å². The fraction of sp³-hybridized carbons (Fsp3) is 0.833. The molecule has 0 aromatic carbocycles. The van der Waals surface area contributed by atoms with Gasteiger partial charge in [-0.2, -0.15) is 13.2 Å². The Hall–Kier alpha value is -0.750. The first kappa shape index (κ1) is 15.3. The Kier molecular flexibility index (Phi) is 5.04. The first-order valence-corrected chi connectivity index (χ1v) is 6.02. The normalized spacial score (nSPS) is 24.1. The maximum absolute atomic E-state index is 13.0. The Morgan fingerprint density at radius 1 is 1.50 bits per heavy atom. The van der Waals surface area contributed by atoms with Crippen molar-refractivity contribution in [2.24, 2.45) is 0 Å². The van der Waals surface area contributed by atoms with Crippen molar-refractivity contribution in [3.8, 4) is 0 Å². The Bertz CT molecular complexity index is 301. The minimum Gasteiger partial charge on any atom is -0.472 e. The van der Waals surface area contributed by atoms with Gasteiger partial charge in [-0.3, -0.25) is 0 Å². The SMILES string of the molecule is CCCCC(O)(C1=COC(OC)CC1)C(F)(F)F. The highest BCUT2D eigenvalue weighted by Gasteiger charge is 2.55. The zero-order valence-electron chi connectivity index (χ0n) is 10.6. The molecule has 0 aliphatic carbocycles. The second kappa shape index (κ2) is 5.93. The van der Waals surface area contributed by atoms with Crippen LogP contribution in [0.1, 0.15) is 39.0 Å². The molecule has 2 unspecified atom stereocenters. The van der Waals surface area contributed by atoms with E-state index in [1.54, 1.807) is 6.92 Å². The first-order chi connectivity index (χ1) is 8.35. The van der Waals surface area contributed by atoms with Crippen LogP contribution in [0.4, 0.5) is 13.2 Å². The molecule has 0 spiro atoms. The van der Waals surface area contributed by atoms with Crippen LogP contribution in [0.25, 0.3) is 0 Å². The number of unbranched alkanes of at least 4 members (excludes halogenated alkanes) is 1. The van der Waals surface area contributed by atoms with E-state index in [-0.39, 0.29) is 18.4 Å². The zero-order chi connectivity index (χ0) is 13.8. The van der Waals surface area contributed by atoms with Gasteiger partial charge in [-0.25, -0.2) is 0 Å². The zero-order valence-corrected chi connectivity index (χ0v) is 10.6. The molecular formula is C12H19F3O3. The van der Waals surface area contributed by atoms with Gasteiger partial charge in [0, 0.05) is 19.1 Å². The lowest BCUT2D eigenvalue weighted by atomic mass is 9.85. The average molecular weight is 268 g/mol. The second-order valence-corrected chi connectivity index (χ2v) is 4.44. The fourth-order valence-electron chi connectivity index (χ4n) is 1.95. The van der Waals surface area contributed by atoms with Crippen molar-refractivity contribution < 1.29 is 27.8 Å². The number of alkyl halides is 3. The molecule has 18 heavy (non-hydrogen) atoms. The molecule has 0 bridgehead atoms. The summed E-state index contributed by atoms with van der Waals surface area (Å²) in [6.45, 7) is 1.78. The van der Waals surface area contributed by atoms with Gasteiger partial charge in [0.05, 0.1) is 6.26 Å². The van der Waals surface area contributed by atoms with Crippen LogP contribution in [0, 0.1) is 0 Å². The van der Waals surface area contributed by atoms with Crippen LogP contribution in [0.2, 0.25) is 0 Å². The topological polar surface area (TPSA) is 38.7 Å². The van der Waals surface area contributed by atoms with Crippen molar-refractivity contribution in [3.63, 3.8) is 0 Å². The highest BCUT2D eigenvalue weighted by atomic mass is 19.4. The smallest absolute Gasteiger partial charge is 0.421 e. The molecule has 0 saturated carbocycles. The molecule has 0 aromatic heterocycles. The van der Waals surface area contributed by atoms with Crippen LogP contribution in [0.5, 0.6) is 0 Å². The number of halogens is 3. The molecule has 1 rings (SSSR count). The average Bonchev–Trinajstić information content (AvgIpc) is 2.34. The van der Waals surface area contributed by atoms with Crippen LogP contribution >= 0.6 is 0 Å². The molecule has 0 fully saturated rings. The maximum atomic E-state index is 13.0. The summed E-state index contributed by atoms with van der Waals surface area (Å²) in [6.07, 6.45) is -3.21. The number of methoxy groups -OCH3 is 1. The maximum Gasteiger partial charge on any atom is 0.421 e. The summed E-state index contributed by atoms with van der Waals surface area (Å²) in [5.41, 5.74) is -2.89. The van der Waals surface area contributed by atoms with E-state index >= 15 is 0 Å². The van der Waals surface area contributed by atoms with E-state index in [4.69, 9.17) is 9.47 Å². The fourth-order valence-corrected chi connectivity index (χ4v) is 1.95. The third-order valence-corrected chi connectivity index (χ3v) is 3.17. The van der Waals surface area contributed by atoms with E-state index in [9.17, 15) is 18.3 Å². The highest BCUT2D eigenvalue weighted by molar-refractivity contribution is 5.19. The van der Waals surface area contributed by atoms with Gasteiger partial charge in [0.2, 0.25) is 0 Å². The van der Waals surface area contributed by atoms with E-state index < -0.39 is 18.1 Å². The number of aliphatic hydroxyl groups is 1. The Morgan fingerprint density at radius 3 is 2.56 bits per heavy atom. The molecule has 0 saturated heterocycles. The number of hydrogen-bond acceptors (Lipinski definition) is 3. The molecule has 106 valence electrons. The summed E-state index contributed by atoms with van der Waals surface area (Å²) in [4.78, 5) is 0. The number of ether oxygens (including phenoxy) is 2. The first-order valence-electron chi connectivity index (χ1n) is 6.02. The molecule has 1 N–H and O–H groups in total. The van der Waals surface area contributed by atoms with Crippen molar-refractivity contribution in [1.29, 1.82) is 0 Å². The highest BCUT2D eigenvalue weighted by Crippen LogP contribution is 2.43. The summed E-state index contributed by atoms with van der Waals surface area (Å²) >= 11 is 0. The Balaban J connectivity index is 2.88. The molecule has 1 heterocycles. The van der Waals surface area contributed by atoms with Gasteiger partial charge in [0.15, 0.2) is 11.9 Å². The van der Waals surface area contributed by atoms with Crippen molar-refractivity contribution in [2.75, 3.05) is 7.11 Å². The van der Waals surface area contributed by atoms with Crippen LogP contribution in [-0.4, -0.2) is 30.3 Å². The van der Waals surface area contributed by atoms with Crippen LogP contribution in [-0.2, 0) is 9.47 Å². The molecule has 3 nitrogen and oxygen atoms in total. The summed E-state index contributed by atoms with van der Waals surface area (Å²) < 4.78 is 48.9. The van der Waals surface area contributed by atoms with Crippen molar-refractivity contribution in [3.05, 3.63) is 11.8 Å². The molecule has 2 atom stereocenters. The Morgan fingerprint density at radius 2 is 2.17 bits per heavy atom. The molecule has 0 aromatic rings. The van der Waals surface area contributed by atoms with Crippen molar-refractivity contribution in [1.82, 2.24) is 0 Å². The Labute approximate surface area is 105 Å². The lowest BCUT2D eigenvalue weighted by Gasteiger charge is -2.35. The molecule has 0 amide bonds. The van der Waals surface area contributed by atoms with Gasteiger partial charge in [-0.05, 0) is 12.8 Å². The summed E-state index contributed by atoms with van der Waals surface area (Å²) in [6, 6.07) is 0. The number of rotatable bonds is 5. The van der Waals surface area contributed by atoms with E-state index in [1.807, 2.05) is 0 Å². The van der Waals surface area contributed by atoms with Crippen molar-refractivity contribution >= 4 is 0 Å². The molecule has 0 radical (unpaired) electrons. The minimum atomic E-state index is -4.68. The van der Waals surface area contributed by atoms with Gasteiger partial charge in [-0.1, -0.05) is 19.8 Å². The molecule has 1 aliphatic heterocycles. The third kappa shape index (κ3) is 3.17. The van der Waals surface area contributed by atoms with Crippen LogP contribution < -0.4 is 0 Å². The van der Waals surface area contributed by atoms with E-state index in [2.05, 4.69) is 0 Å². The molecule has 6 heteroatoms. The summed E-state index contributed by atoms with van der Waals surface area (Å²) in [7, 11) is 1.43. The molecule has 1 aliphatic rings. The van der Waals surface area contributed by atoms with Gasteiger partial charge in [0.25, 0.3) is 0 Å². The van der Waals surface area contributed by atoms with E-state index in [1.165, 1.54) is 7.11 Å². The lowest BCUT2D eigenvalue weighted by molar-refractivity contribution is -0.250. The number of hydrogen-bond donors (Lipinski definition) is 1. The molecular weight excluding hydrogens is 249 g/mol. The third-order valence-electron chi connectivity index (χ3n) is 3.17. The van der Waals surface area contributed by atoms with Crippen LogP contribution in [0.3, 0.4) is 0 Å². The minimum absolute atomic E-state index is 0.114. The largest absolute Gasteiger partial charge is 0.472 e. The summed E-state index contributed by atoms with van der Waals surface area (Å²) in [5.74, 6) is 0. The van der Waals surface area contributed by atoms with Gasteiger partial charge >= 0.3 is 6.18 Å². The quantitative estimate of drug-likeness (QED) is 0.832. The lowest BCUT2D eigenvalue weighted by Crippen LogP contribution is -2.47.